The molecule has 2 aliphatic heterocycles. The van der Waals surface area contributed by atoms with Crippen LogP contribution in [-0.4, -0.2) is 15.0 Å². The Morgan fingerprint density at radius 2 is 0.657 bits per heavy atom. The predicted molar refractivity (Wildman–Crippen MR) is 292 cm³/mol. The van der Waals surface area contributed by atoms with Gasteiger partial charge in [0.15, 0.2) is 17.5 Å². The van der Waals surface area contributed by atoms with Gasteiger partial charge in [0.05, 0.1) is 34.1 Å². The van der Waals surface area contributed by atoms with Crippen molar-refractivity contribution in [2.24, 2.45) is 0 Å². The molecule has 0 fully saturated rings. The second-order valence-electron chi connectivity index (χ2n) is 20.3. The molecule has 70 heavy (non-hydrogen) atoms. The number of aromatic nitrogens is 3. The summed E-state index contributed by atoms with van der Waals surface area (Å²) >= 11 is 0. The fourth-order valence-corrected chi connectivity index (χ4v) is 11.8. The Hall–Kier alpha value is -7.36. The largest absolute Gasteiger partial charge is 0.308 e. The minimum atomic E-state index is 0.507. The molecular formula is C64H64N6. The zero-order chi connectivity index (χ0) is 49.9. The molecule has 0 atom stereocenters. The topological polar surface area (TPSA) is 68.9 Å². The number of nitriles is 1. The second-order valence-corrected chi connectivity index (χ2v) is 20.3. The van der Waals surface area contributed by atoms with Crippen molar-refractivity contribution in [1.82, 2.24) is 15.0 Å². The van der Waals surface area contributed by atoms with Crippen LogP contribution in [0.15, 0.2) is 72.8 Å². The van der Waals surface area contributed by atoms with Crippen molar-refractivity contribution in [3.05, 3.63) is 190 Å². The van der Waals surface area contributed by atoms with E-state index in [1.807, 2.05) is 36.4 Å². The first-order chi connectivity index (χ1) is 33.4. The van der Waals surface area contributed by atoms with Crippen molar-refractivity contribution in [3.8, 4) is 40.2 Å². The fourth-order valence-electron chi connectivity index (χ4n) is 11.8. The zero-order valence-corrected chi connectivity index (χ0v) is 44.0. The fraction of sp³-hybridized carbons (Fsp3) is 0.281. The standard InChI is InChI=1S/C64H64N6/c1-32-36(5)44(13)57-51(40(32)9)29-52-41(10)33(2)37(6)45(14)58(52)69(57)56-28-27-50(64-67-62(48-23-19-17-20-24-48)66-63(68-64)49-25-21-18-22-26-49)61(55(56)31-65)70-59-46(15)38(7)34(3)42(11)53(59)30-54-43(12)35(4)39(8)47(16)60(54)70/h17-28H,29-30H2,1-16H3. The normalized spacial score (nSPS) is 12.7. The minimum absolute atomic E-state index is 0.507. The van der Waals surface area contributed by atoms with Crippen molar-refractivity contribution >= 4 is 34.1 Å². The molecule has 350 valence electrons. The lowest BCUT2D eigenvalue weighted by Gasteiger charge is -2.42. The SMILES string of the molecule is Cc1c(C)c(C)c2c(c1C)Cc1c(C)c(C)c(C)c(C)c1N2c1ccc(-c2nc(-c3ccccc3)nc(-c3ccccc3)n2)c(N2c3c(C)c(C)c(C)c(C)c3Cc3c(C)c(C)c(C)c(C)c32)c1C#N. The summed E-state index contributed by atoms with van der Waals surface area (Å²) in [5, 5.41) is 12.4. The highest BCUT2D eigenvalue weighted by molar-refractivity contribution is 6.02. The molecule has 0 saturated carbocycles. The predicted octanol–water partition coefficient (Wildman–Crippen LogP) is 16.4. The van der Waals surface area contributed by atoms with E-state index < -0.39 is 0 Å². The van der Waals surface area contributed by atoms with Gasteiger partial charge in [0.25, 0.3) is 0 Å². The van der Waals surface area contributed by atoms with Crippen molar-refractivity contribution in [2.75, 3.05) is 9.80 Å². The summed E-state index contributed by atoms with van der Waals surface area (Å²) in [7, 11) is 0. The smallest absolute Gasteiger partial charge is 0.166 e. The lowest BCUT2D eigenvalue weighted by Crippen LogP contribution is -2.28. The first-order valence-electron chi connectivity index (χ1n) is 24.8. The van der Waals surface area contributed by atoms with E-state index in [0.29, 0.717) is 23.0 Å². The Kier molecular flexibility index (Phi) is 11.2. The Bertz CT molecular complexity index is 3410. The summed E-state index contributed by atoms with van der Waals surface area (Å²) in [6.45, 7) is 36.3. The molecule has 0 amide bonds. The van der Waals surface area contributed by atoms with Crippen LogP contribution in [0.3, 0.4) is 0 Å². The van der Waals surface area contributed by atoms with Crippen LogP contribution in [0.4, 0.5) is 34.1 Å². The zero-order valence-electron chi connectivity index (χ0n) is 44.0. The monoisotopic (exact) mass is 917 g/mol. The molecule has 3 heterocycles. The van der Waals surface area contributed by atoms with Crippen LogP contribution in [0, 0.1) is 122 Å². The molecule has 0 N–H and O–H groups in total. The molecule has 7 aromatic carbocycles. The van der Waals surface area contributed by atoms with Gasteiger partial charge in [-0.2, -0.15) is 5.26 Å². The highest BCUT2D eigenvalue weighted by atomic mass is 15.2. The maximum Gasteiger partial charge on any atom is 0.166 e. The van der Waals surface area contributed by atoms with Crippen molar-refractivity contribution in [2.45, 2.75) is 124 Å². The van der Waals surface area contributed by atoms with Crippen LogP contribution < -0.4 is 9.80 Å². The molecule has 10 rings (SSSR count). The maximum absolute atomic E-state index is 12.4. The van der Waals surface area contributed by atoms with Crippen LogP contribution >= 0.6 is 0 Å². The van der Waals surface area contributed by atoms with E-state index in [1.165, 1.54) is 123 Å². The highest BCUT2D eigenvalue weighted by Gasteiger charge is 2.39. The third kappa shape index (κ3) is 6.68. The van der Waals surface area contributed by atoms with Gasteiger partial charge < -0.3 is 9.80 Å². The second kappa shape index (κ2) is 16.9. The van der Waals surface area contributed by atoms with Gasteiger partial charge in [-0.15, -0.1) is 0 Å². The van der Waals surface area contributed by atoms with Gasteiger partial charge in [-0.25, -0.2) is 15.0 Å². The molecule has 6 nitrogen and oxygen atoms in total. The van der Waals surface area contributed by atoms with Crippen molar-refractivity contribution in [3.63, 3.8) is 0 Å². The van der Waals surface area contributed by atoms with Gasteiger partial charge in [-0.3, -0.25) is 0 Å². The van der Waals surface area contributed by atoms with Gasteiger partial charge in [-0.05, 0) is 234 Å². The summed E-state index contributed by atoms with van der Waals surface area (Å²) < 4.78 is 0. The van der Waals surface area contributed by atoms with Gasteiger partial charge >= 0.3 is 0 Å². The molecule has 0 unspecified atom stereocenters. The Balaban J connectivity index is 1.43. The molecule has 0 bridgehead atoms. The first kappa shape index (κ1) is 46.4. The molecule has 0 spiro atoms. The van der Waals surface area contributed by atoms with Crippen LogP contribution in [0.5, 0.6) is 0 Å². The maximum atomic E-state index is 12.4. The summed E-state index contributed by atoms with van der Waals surface area (Å²) in [6, 6.07) is 27.7. The van der Waals surface area contributed by atoms with Gasteiger partial charge in [-0.1, -0.05) is 60.7 Å². The van der Waals surface area contributed by atoms with Gasteiger partial charge in [0, 0.05) is 29.5 Å². The van der Waals surface area contributed by atoms with Crippen LogP contribution in [0.2, 0.25) is 0 Å². The van der Waals surface area contributed by atoms with E-state index >= 15 is 0 Å². The summed E-state index contributed by atoms with van der Waals surface area (Å²) in [5.74, 6) is 1.65. The molecule has 1 aromatic heterocycles. The number of anilines is 6. The average molecular weight is 917 g/mol. The lowest BCUT2D eigenvalue weighted by molar-refractivity contribution is 0.986. The minimum Gasteiger partial charge on any atom is -0.308 e. The third-order valence-corrected chi connectivity index (χ3v) is 17.4. The molecular weight excluding hydrogens is 853 g/mol. The van der Waals surface area contributed by atoms with E-state index in [9.17, 15) is 5.26 Å². The average Bonchev–Trinajstić information content (AvgIpc) is 3.39. The highest BCUT2D eigenvalue weighted by Crippen LogP contribution is 2.58. The van der Waals surface area contributed by atoms with E-state index in [2.05, 4.69) is 163 Å². The Morgan fingerprint density at radius 3 is 1.00 bits per heavy atom. The van der Waals surface area contributed by atoms with Crippen LogP contribution in [-0.2, 0) is 12.8 Å². The Morgan fingerprint density at radius 1 is 0.343 bits per heavy atom. The number of fused-ring (bicyclic) bond motifs is 4. The number of rotatable bonds is 5. The molecule has 0 aliphatic carbocycles. The molecule has 0 saturated heterocycles. The van der Waals surface area contributed by atoms with E-state index in [-0.39, 0.29) is 0 Å². The van der Waals surface area contributed by atoms with Crippen molar-refractivity contribution < 1.29 is 0 Å². The van der Waals surface area contributed by atoms with Crippen LogP contribution in [0.25, 0.3) is 34.2 Å². The van der Waals surface area contributed by atoms with E-state index in [1.54, 1.807) is 0 Å². The summed E-state index contributed by atoms with van der Waals surface area (Å²) in [4.78, 5) is 20.9. The summed E-state index contributed by atoms with van der Waals surface area (Å²) in [6.07, 6.45) is 1.62. The molecule has 8 aromatic rings. The third-order valence-electron chi connectivity index (χ3n) is 17.4. The van der Waals surface area contributed by atoms with Gasteiger partial charge in [0.2, 0.25) is 0 Å². The van der Waals surface area contributed by atoms with E-state index in [0.717, 1.165) is 52.3 Å². The van der Waals surface area contributed by atoms with Crippen LogP contribution in [0.1, 0.15) is 117 Å². The van der Waals surface area contributed by atoms with E-state index in [4.69, 9.17) is 15.0 Å². The Labute approximate surface area is 415 Å². The summed E-state index contributed by atoms with van der Waals surface area (Å²) in [5.41, 5.74) is 34.9. The number of hydrogen-bond acceptors (Lipinski definition) is 6. The number of benzene rings is 7. The van der Waals surface area contributed by atoms with Crippen molar-refractivity contribution in [1.29, 1.82) is 5.26 Å². The molecule has 0 radical (unpaired) electrons. The lowest BCUT2D eigenvalue weighted by atomic mass is 9.79. The molecule has 6 heteroatoms. The number of nitrogens with zero attached hydrogens (tertiary/aromatic N) is 6. The number of hydrogen-bond donors (Lipinski definition) is 0. The first-order valence-corrected chi connectivity index (χ1v) is 24.8. The quantitative estimate of drug-likeness (QED) is 0.171. The van der Waals surface area contributed by atoms with Gasteiger partial charge in [0.1, 0.15) is 11.6 Å². The molecule has 2 aliphatic rings.